The zero-order valence-corrected chi connectivity index (χ0v) is 6.54. The number of hydrogen-bond acceptors (Lipinski definition) is 4. The molecule has 0 aliphatic heterocycles. The molecule has 11 heavy (non-hydrogen) atoms. The van der Waals surface area contributed by atoms with Crippen LogP contribution in [0.25, 0.3) is 0 Å². The molecule has 0 bridgehead atoms. The summed E-state index contributed by atoms with van der Waals surface area (Å²) in [6, 6.07) is 0. The first kappa shape index (κ1) is 8.07. The number of nitrogens with zero attached hydrogens (tertiary/aromatic N) is 1. The maximum atomic E-state index is 5.30. The highest BCUT2D eigenvalue weighted by Gasteiger charge is 2.01. The van der Waals surface area contributed by atoms with Crippen molar-refractivity contribution in [2.75, 3.05) is 13.2 Å². The first-order valence-electron chi connectivity index (χ1n) is 3.64. The lowest BCUT2D eigenvalue weighted by Crippen LogP contribution is -2.02. The van der Waals surface area contributed by atoms with E-state index in [4.69, 9.17) is 14.9 Å². The Morgan fingerprint density at radius 1 is 1.73 bits per heavy atom. The normalized spacial score (nSPS) is 10.0. The van der Waals surface area contributed by atoms with Crippen LogP contribution in [-0.2, 0) is 6.42 Å². The molecule has 0 aliphatic carbocycles. The Hall–Kier alpha value is -1.03. The zero-order chi connectivity index (χ0) is 8.10. The third-order valence-corrected chi connectivity index (χ3v) is 1.18. The van der Waals surface area contributed by atoms with Crippen molar-refractivity contribution in [2.24, 2.45) is 5.73 Å². The minimum Gasteiger partial charge on any atom is -0.476 e. The molecule has 0 atom stereocenters. The van der Waals surface area contributed by atoms with E-state index < -0.39 is 0 Å². The maximum absolute atomic E-state index is 5.30. The van der Waals surface area contributed by atoms with Crippen LogP contribution < -0.4 is 10.5 Å². The average molecular weight is 156 g/mol. The van der Waals surface area contributed by atoms with E-state index >= 15 is 0 Å². The Balaban J connectivity index is 2.51. The molecule has 0 aliphatic rings. The summed E-state index contributed by atoms with van der Waals surface area (Å²) in [5.74, 6) is 1.17. The average Bonchev–Trinajstić information content (AvgIpc) is 2.38. The minimum atomic E-state index is 0.538. The molecule has 0 unspecified atom stereocenters. The van der Waals surface area contributed by atoms with E-state index in [-0.39, 0.29) is 0 Å². The smallest absolute Gasteiger partial charge is 0.252 e. The fourth-order valence-corrected chi connectivity index (χ4v) is 0.747. The molecule has 1 aromatic heterocycles. The molecule has 62 valence electrons. The van der Waals surface area contributed by atoms with E-state index in [1.807, 2.05) is 6.92 Å². The van der Waals surface area contributed by atoms with Crippen LogP contribution in [0.1, 0.15) is 12.8 Å². The fraction of sp³-hybridized carbons (Fsp3) is 0.571. The third kappa shape index (κ3) is 2.23. The molecule has 4 nitrogen and oxygen atoms in total. The third-order valence-electron chi connectivity index (χ3n) is 1.18. The van der Waals surface area contributed by atoms with E-state index in [0.29, 0.717) is 31.3 Å². The van der Waals surface area contributed by atoms with Crippen LogP contribution in [0.15, 0.2) is 10.7 Å². The molecule has 1 heterocycles. The van der Waals surface area contributed by atoms with Crippen molar-refractivity contribution in [3.05, 3.63) is 12.2 Å². The van der Waals surface area contributed by atoms with Gasteiger partial charge in [0.25, 0.3) is 5.88 Å². The van der Waals surface area contributed by atoms with Gasteiger partial charge >= 0.3 is 0 Å². The minimum absolute atomic E-state index is 0.538. The van der Waals surface area contributed by atoms with Crippen LogP contribution in [0.5, 0.6) is 5.88 Å². The lowest BCUT2D eigenvalue weighted by atomic mass is 10.4. The summed E-state index contributed by atoms with van der Waals surface area (Å²) < 4.78 is 10.1. The van der Waals surface area contributed by atoms with Crippen LogP contribution in [0.3, 0.4) is 0 Å². The van der Waals surface area contributed by atoms with Gasteiger partial charge in [-0.2, -0.15) is 4.98 Å². The van der Waals surface area contributed by atoms with E-state index in [0.717, 1.165) is 0 Å². The van der Waals surface area contributed by atoms with Gasteiger partial charge in [-0.15, -0.1) is 0 Å². The highest BCUT2D eigenvalue weighted by Crippen LogP contribution is 2.09. The quantitative estimate of drug-likeness (QED) is 0.692. The van der Waals surface area contributed by atoms with Crippen molar-refractivity contribution in [2.45, 2.75) is 13.3 Å². The van der Waals surface area contributed by atoms with Crippen molar-refractivity contribution >= 4 is 0 Å². The number of ether oxygens (including phenoxy) is 1. The Morgan fingerprint density at radius 3 is 3.18 bits per heavy atom. The van der Waals surface area contributed by atoms with Crippen LogP contribution in [0.4, 0.5) is 0 Å². The summed E-state index contributed by atoms with van der Waals surface area (Å²) in [5.41, 5.74) is 5.30. The molecule has 4 heteroatoms. The molecule has 1 rings (SSSR count). The number of rotatable bonds is 4. The Kier molecular flexibility index (Phi) is 2.92. The van der Waals surface area contributed by atoms with Gasteiger partial charge in [0.2, 0.25) is 0 Å². The second kappa shape index (κ2) is 3.98. The second-order valence-corrected chi connectivity index (χ2v) is 2.05. The molecule has 0 fully saturated rings. The lowest BCUT2D eigenvalue weighted by molar-refractivity contribution is 0.325. The molecule has 0 saturated carbocycles. The Morgan fingerprint density at radius 2 is 2.55 bits per heavy atom. The standard InChI is InChI=1S/C7H12N2O2/c1-2-10-7-5-11-6(9-7)3-4-8/h5H,2-4,8H2,1H3. The summed E-state index contributed by atoms with van der Waals surface area (Å²) in [6.45, 7) is 3.05. The van der Waals surface area contributed by atoms with Gasteiger partial charge in [0.15, 0.2) is 12.2 Å². The van der Waals surface area contributed by atoms with E-state index in [9.17, 15) is 0 Å². The molecule has 0 amide bonds. The zero-order valence-electron chi connectivity index (χ0n) is 6.54. The van der Waals surface area contributed by atoms with Gasteiger partial charge in [-0.1, -0.05) is 0 Å². The highest BCUT2D eigenvalue weighted by atomic mass is 16.5. The van der Waals surface area contributed by atoms with Crippen molar-refractivity contribution in [1.82, 2.24) is 4.98 Å². The first-order chi connectivity index (χ1) is 5.36. The highest BCUT2D eigenvalue weighted by molar-refractivity contribution is 5.02. The van der Waals surface area contributed by atoms with Crippen molar-refractivity contribution in [3.8, 4) is 5.88 Å². The monoisotopic (exact) mass is 156 g/mol. The number of hydrogen-bond donors (Lipinski definition) is 1. The second-order valence-electron chi connectivity index (χ2n) is 2.05. The molecule has 1 aromatic rings. The van der Waals surface area contributed by atoms with Crippen molar-refractivity contribution < 1.29 is 9.15 Å². The van der Waals surface area contributed by atoms with Gasteiger partial charge in [0, 0.05) is 13.0 Å². The first-order valence-corrected chi connectivity index (χ1v) is 3.64. The van der Waals surface area contributed by atoms with Gasteiger partial charge in [-0.25, -0.2) is 0 Å². The molecule has 0 aromatic carbocycles. The SMILES string of the molecule is CCOc1coc(CCN)n1. The molecule has 0 spiro atoms. The topological polar surface area (TPSA) is 61.3 Å². The predicted octanol–water partition coefficient (Wildman–Crippen LogP) is 0.575. The van der Waals surface area contributed by atoms with Crippen LogP contribution in [0.2, 0.25) is 0 Å². The summed E-state index contributed by atoms with van der Waals surface area (Å²) in [7, 11) is 0. The Bertz CT molecular complexity index is 189. The maximum Gasteiger partial charge on any atom is 0.252 e. The summed E-state index contributed by atoms with van der Waals surface area (Å²) >= 11 is 0. The predicted molar refractivity (Wildman–Crippen MR) is 40.4 cm³/mol. The molecule has 0 radical (unpaired) electrons. The summed E-state index contributed by atoms with van der Waals surface area (Å²) in [6.07, 6.45) is 2.15. The van der Waals surface area contributed by atoms with Gasteiger partial charge in [-0.3, -0.25) is 0 Å². The van der Waals surface area contributed by atoms with Gasteiger partial charge in [-0.05, 0) is 6.92 Å². The summed E-state index contributed by atoms with van der Waals surface area (Å²) in [4.78, 5) is 4.02. The van der Waals surface area contributed by atoms with Crippen molar-refractivity contribution in [3.63, 3.8) is 0 Å². The number of oxazole rings is 1. The lowest BCUT2D eigenvalue weighted by Gasteiger charge is -1.92. The van der Waals surface area contributed by atoms with Gasteiger partial charge < -0.3 is 14.9 Å². The molecular weight excluding hydrogens is 144 g/mol. The fourth-order valence-electron chi connectivity index (χ4n) is 0.747. The molecule has 0 saturated heterocycles. The largest absolute Gasteiger partial charge is 0.476 e. The van der Waals surface area contributed by atoms with Crippen molar-refractivity contribution in [1.29, 1.82) is 0 Å². The van der Waals surface area contributed by atoms with Gasteiger partial charge in [0.1, 0.15) is 0 Å². The van der Waals surface area contributed by atoms with Gasteiger partial charge in [0.05, 0.1) is 6.61 Å². The van der Waals surface area contributed by atoms with E-state index in [1.165, 1.54) is 6.26 Å². The van der Waals surface area contributed by atoms with Crippen LogP contribution >= 0.6 is 0 Å². The number of aromatic nitrogens is 1. The molecular formula is C7H12N2O2. The van der Waals surface area contributed by atoms with Crippen LogP contribution in [0, 0.1) is 0 Å². The van der Waals surface area contributed by atoms with Crippen LogP contribution in [-0.4, -0.2) is 18.1 Å². The molecule has 2 N–H and O–H groups in total. The van der Waals surface area contributed by atoms with E-state index in [2.05, 4.69) is 4.98 Å². The number of nitrogens with two attached hydrogens (primary N) is 1. The summed E-state index contributed by atoms with van der Waals surface area (Å²) in [5, 5.41) is 0. The Labute approximate surface area is 65.4 Å². The van der Waals surface area contributed by atoms with E-state index in [1.54, 1.807) is 0 Å².